The van der Waals surface area contributed by atoms with Crippen molar-refractivity contribution >= 4 is 28.8 Å². The molecule has 18 heavy (non-hydrogen) atoms. The molecule has 0 aliphatic carbocycles. The largest absolute Gasteiger partial charge is 0.467 e. The third kappa shape index (κ3) is 2.17. The van der Waals surface area contributed by atoms with Gasteiger partial charge in [0, 0.05) is 7.05 Å². The highest BCUT2D eigenvalue weighted by molar-refractivity contribution is 5.89. The molecule has 0 saturated carbocycles. The van der Waals surface area contributed by atoms with Crippen molar-refractivity contribution in [1.29, 1.82) is 0 Å². The van der Waals surface area contributed by atoms with E-state index in [0.29, 0.717) is 22.8 Å². The number of nitrogens with one attached hydrogen (secondary N) is 3. The van der Waals surface area contributed by atoms with Crippen LogP contribution in [0, 0.1) is 0 Å². The van der Waals surface area contributed by atoms with Gasteiger partial charge in [-0.25, -0.2) is 4.79 Å². The smallest absolute Gasteiger partial charge is 0.328 e. The molecule has 0 bridgehead atoms. The molecule has 0 amide bonds. The number of aromatic amines is 1. The molecule has 1 unspecified atom stereocenters. The van der Waals surface area contributed by atoms with E-state index in [0.717, 1.165) is 0 Å². The van der Waals surface area contributed by atoms with Crippen LogP contribution in [0.1, 0.15) is 6.92 Å². The molecule has 0 aliphatic rings. The number of aromatic nitrogens is 4. The highest BCUT2D eigenvalue weighted by atomic mass is 16.5. The first-order valence-electron chi connectivity index (χ1n) is 5.39. The molecule has 1 atom stereocenters. The number of esters is 1. The first-order chi connectivity index (χ1) is 8.65. The van der Waals surface area contributed by atoms with E-state index in [4.69, 9.17) is 0 Å². The molecular formula is C10H14N6O2. The number of anilines is 2. The lowest BCUT2D eigenvalue weighted by Crippen LogP contribution is -2.27. The lowest BCUT2D eigenvalue weighted by molar-refractivity contribution is -0.141. The fraction of sp³-hybridized carbons (Fsp3) is 0.400. The molecule has 8 nitrogen and oxygen atoms in total. The fourth-order valence-corrected chi connectivity index (χ4v) is 1.50. The van der Waals surface area contributed by atoms with E-state index in [1.165, 1.54) is 7.11 Å². The van der Waals surface area contributed by atoms with Gasteiger partial charge in [0.1, 0.15) is 11.9 Å². The van der Waals surface area contributed by atoms with E-state index >= 15 is 0 Å². The van der Waals surface area contributed by atoms with Crippen LogP contribution in [-0.2, 0) is 9.53 Å². The summed E-state index contributed by atoms with van der Waals surface area (Å²) in [5.74, 6) is 0.596. The van der Waals surface area contributed by atoms with Gasteiger partial charge in [-0.1, -0.05) is 0 Å². The minimum atomic E-state index is -0.507. The van der Waals surface area contributed by atoms with Gasteiger partial charge >= 0.3 is 5.97 Å². The van der Waals surface area contributed by atoms with E-state index in [1.54, 1.807) is 20.2 Å². The van der Waals surface area contributed by atoms with Gasteiger partial charge < -0.3 is 15.4 Å². The van der Waals surface area contributed by atoms with Gasteiger partial charge in [0.25, 0.3) is 0 Å². The predicted octanol–water partition coefficient (Wildman–Crippen LogP) is 0.368. The third-order valence-electron chi connectivity index (χ3n) is 2.44. The van der Waals surface area contributed by atoms with Crippen LogP contribution >= 0.6 is 0 Å². The molecule has 0 spiro atoms. The summed E-state index contributed by atoms with van der Waals surface area (Å²) < 4.78 is 4.65. The summed E-state index contributed by atoms with van der Waals surface area (Å²) >= 11 is 0. The number of rotatable bonds is 4. The van der Waals surface area contributed by atoms with Gasteiger partial charge in [-0.2, -0.15) is 15.1 Å². The second-order valence-corrected chi connectivity index (χ2v) is 3.67. The summed E-state index contributed by atoms with van der Waals surface area (Å²) in [6.45, 7) is 1.69. The lowest BCUT2D eigenvalue weighted by Gasteiger charge is -2.13. The Balaban J connectivity index is 2.36. The Morgan fingerprint density at radius 2 is 2.28 bits per heavy atom. The Morgan fingerprint density at radius 3 is 2.94 bits per heavy atom. The summed E-state index contributed by atoms with van der Waals surface area (Å²) in [4.78, 5) is 19.8. The van der Waals surface area contributed by atoms with Gasteiger partial charge in [0.2, 0.25) is 5.95 Å². The molecule has 2 aromatic heterocycles. The maximum atomic E-state index is 11.4. The summed E-state index contributed by atoms with van der Waals surface area (Å²) in [5, 5.41) is 13.2. The molecule has 2 aromatic rings. The number of hydrogen-bond acceptors (Lipinski definition) is 7. The van der Waals surface area contributed by atoms with E-state index in [-0.39, 0.29) is 5.97 Å². The monoisotopic (exact) mass is 250 g/mol. The molecular weight excluding hydrogens is 236 g/mol. The van der Waals surface area contributed by atoms with Crippen molar-refractivity contribution in [3.63, 3.8) is 0 Å². The maximum Gasteiger partial charge on any atom is 0.328 e. The van der Waals surface area contributed by atoms with Crippen LogP contribution in [-0.4, -0.2) is 46.3 Å². The minimum absolute atomic E-state index is 0.365. The summed E-state index contributed by atoms with van der Waals surface area (Å²) in [6, 6.07) is -0.507. The first kappa shape index (κ1) is 12.1. The highest BCUT2D eigenvalue weighted by Gasteiger charge is 2.16. The molecule has 0 aliphatic heterocycles. The molecule has 8 heteroatoms. The quantitative estimate of drug-likeness (QED) is 0.673. The Bertz CT molecular complexity index is 566. The van der Waals surface area contributed by atoms with E-state index in [1.807, 2.05) is 0 Å². The van der Waals surface area contributed by atoms with Gasteiger partial charge in [0.05, 0.1) is 18.7 Å². The van der Waals surface area contributed by atoms with Crippen molar-refractivity contribution in [3.8, 4) is 0 Å². The van der Waals surface area contributed by atoms with Crippen LogP contribution in [0.3, 0.4) is 0 Å². The van der Waals surface area contributed by atoms with Crippen LogP contribution in [0.4, 0.5) is 11.8 Å². The second kappa shape index (κ2) is 4.86. The summed E-state index contributed by atoms with van der Waals surface area (Å²) in [7, 11) is 3.05. The number of hydrogen-bond donors (Lipinski definition) is 3. The molecule has 2 heterocycles. The van der Waals surface area contributed by atoms with Gasteiger partial charge in [-0.05, 0) is 6.92 Å². The number of carbonyl (C=O) groups excluding carboxylic acids is 1. The van der Waals surface area contributed by atoms with Crippen molar-refractivity contribution in [3.05, 3.63) is 6.20 Å². The van der Waals surface area contributed by atoms with Crippen LogP contribution < -0.4 is 10.6 Å². The summed E-state index contributed by atoms with van der Waals surface area (Å²) in [5.41, 5.74) is 0.592. The number of nitrogens with zero attached hydrogens (tertiary/aromatic N) is 3. The SMILES string of the molecule is CNc1nc(NC(C)C(=O)OC)c2cn[nH]c2n1. The fourth-order valence-electron chi connectivity index (χ4n) is 1.50. The topological polar surface area (TPSA) is 105 Å². The zero-order valence-corrected chi connectivity index (χ0v) is 10.3. The third-order valence-corrected chi connectivity index (χ3v) is 2.44. The Hall–Kier alpha value is -2.38. The molecule has 96 valence electrons. The van der Waals surface area contributed by atoms with Crippen molar-refractivity contribution in [2.24, 2.45) is 0 Å². The first-order valence-corrected chi connectivity index (χ1v) is 5.39. The van der Waals surface area contributed by atoms with E-state index in [9.17, 15) is 4.79 Å². The van der Waals surface area contributed by atoms with Crippen molar-refractivity contribution in [1.82, 2.24) is 20.2 Å². The number of H-pyrrole nitrogens is 1. The van der Waals surface area contributed by atoms with Crippen LogP contribution in [0.2, 0.25) is 0 Å². The van der Waals surface area contributed by atoms with E-state index < -0.39 is 6.04 Å². The Morgan fingerprint density at radius 1 is 1.50 bits per heavy atom. The van der Waals surface area contributed by atoms with Crippen molar-refractivity contribution < 1.29 is 9.53 Å². The Kier molecular flexibility index (Phi) is 3.26. The molecule has 2 rings (SSSR count). The number of ether oxygens (including phenoxy) is 1. The van der Waals surface area contributed by atoms with Crippen LogP contribution in [0.5, 0.6) is 0 Å². The van der Waals surface area contributed by atoms with Gasteiger partial charge in [-0.3, -0.25) is 5.10 Å². The zero-order chi connectivity index (χ0) is 13.1. The highest BCUT2D eigenvalue weighted by Crippen LogP contribution is 2.20. The van der Waals surface area contributed by atoms with Crippen LogP contribution in [0.15, 0.2) is 6.20 Å². The average Bonchev–Trinajstić information content (AvgIpc) is 2.85. The molecule has 0 aromatic carbocycles. The lowest BCUT2D eigenvalue weighted by atomic mass is 10.3. The second-order valence-electron chi connectivity index (χ2n) is 3.67. The average molecular weight is 250 g/mol. The minimum Gasteiger partial charge on any atom is -0.467 e. The molecule has 3 N–H and O–H groups in total. The number of carbonyl (C=O) groups is 1. The summed E-state index contributed by atoms with van der Waals surface area (Å²) in [6.07, 6.45) is 1.60. The normalized spacial score (nSPS) is 12.2. The number of fused-ring (bicyclic) bond motifs is 1. The Labute approximate surface area is 103 Å². The predicted molar refractivity (Wildman–Crippen MR) is 66.3 cm³/mol. The van der Waals surface area contributed by atoms with Gasteiger partial charge in [-0.15, -0.1) is 0 Å². The molecule has 0 radical (unpaired) electrons. The van der Waals surface area contributed by atoms with Crippen LogP contribution in [0.25, 0.3) is 11.0 Å². The van der Waals surface area contributed by atoms with Crippen molar-refractivity contribution in [2.45, 2.75) is 13.0 Å². The standard InChI is InChI=1S/C10H14N6O2/c1-5(9(17)18-3)13-7-6-4-12-16-8(6)15-10(11-2)14-7/h4-5H,1-3H3,(H3,11,12,13,14,15,16). The number of methoxy groups -OCH3 is 1. The zero-order valence-electron chi connectivity index (χ0n) is 10.3. The van der Waals surface area contributed by atoms with Crippen molar-refractivity contribution in [2.75, 3.05) is 24.8 Å². The maximum absolute atomic E-state index is 11.4. The molecule has 0 saturated heterocycles. The van der Waals surface area contributed by atoms with Gasteiger partial charge in [0.15, 0.2) is 5.65 Å². The molecule has 0 fully saturated rings. The van der Waals surface area contributed by atoms with E-state index in [2.05, 4.69) is 35.5 Å².